The molecule has 0 fully saturated rings. The Morgan fingerprint density at radius 2 is 0.602 bits per heavy atom. The molecule has 0 saturated heterocycles. The van der Waals surface area contributed by atoms with E-state index < -0.39 is 108 Å². The molecule has 520 valence electrons. The number of amides is 9. The highest BCUT2D eigenvalue weighted by molar-refractivity contribution is 5.98. The lowest BCUT2D eigenvalue weighted by atomic mass is 10.0. The van der Waals surface area contributed by atoms with Crippen LogP contribution in [0.3, 0.4) is 0 Å². The van der Waals surface area contributed by atoms with Crippen molar-refractivity contribution >= 4 is 71.0 Å². The summed E-state index contributed by atoms with van der Waals surface area (Å²) in [5.74, 6) is -7.73. The molecule has 2 aromatic carbocycles. The number of primary amides is 1. The Hall–Kier alpha value is -8.92. The van der Waals surface area contributed by atoms with E-state index in [-0.39, 0.29) is 127 Å². The molecule has 0 unspecified atom stereocenters. The van der Waals surface area contributed by atoms with Crippen LogP contribution in [0.15, 0.2) is 69.6 Å². The van der Waals surface area contributed by atoms with Crippen molar-refractivity contribution in [1.82, 2.24) is 42.5 Å². The van der Waals surface area contributed by atoms with Crippen molar-refractivity contribution in [3.05, 3.63) is 65.7 Å². The molecule has 2 aromatic rings. The third kappa shape index (κ3) is 34.4. The number of aromatic hydroxyl groups is 1. The Bertz CT molecular complexity index is 2690. The second kappa shape index (κ2) is 46.2. The quantitative estimate of drug-likeness (QED) is 0.0167. The molecule has 9 amide bonds. The van der Waals surface area contributed by atoms with Gasteiger partial charge in [0, 0.05) is 32.5 Å². The molecule has 0 bridgehead atoms. The van der Waals surface area contributed by atoms with Gasteiger partial charge in [0.25, 0.3) is 0 Å². The number of benzene rings is 2. The molecule has 2 rings (SSSR count). The van der Waals surface area contributed by atoms with Crippen molar-refractivity contribution in [3.63, 3.8) is 0 Å². The monoisotopic (exact) mass is 1310 g/mol. The number of carbonyl (C=O) groups is 9. The van der Waals surface area contributed by atoms with Crippen LogP contribution in [0.2, 0.25) is 0 Å². The van der Waals surface area contributed by atoms with Gasteiger partial charge in [-0.2, -0.15) is 0 Å². The van der Waals surface area contributed by atoms with E-state index in [1.807, 2.05) is 0 Å². The zero-order chi connectivity index (χ0) is 69.1. The lowest BCUT2D eigenvalue weighted by Crippen LogP contribution is -2.61. The Kier molecular flexibility index (Phi) is 39.8. The highest BCUT2D eigenvalue weighted by Gasteiger charge is 2.35. The molecule has 33 nitrogen and oxygen atoms in total. The number of guanidine groups is 3. The van der Waals surface area contributed by atoms with Crippen LogP contribution in [0.5, 0.6) is 5.75 Å². The number of rotatable bonds is 49. The maximum Gasteiger partial charge on any atom is 0.243 e. The first-order valence-electron chi connectivity index (χ1n) is 31.7. The van der Waals surface area contributed by atoms with Crippen molar-refractivity contribution in [1.29, 1.82) is 0 Å². The third-order valence-corrected chi connectivity index (χ3v) is 14.7. The van der Waals surface area contributed by atoms with Crippen molar-refractivity contribution < 1.29 is 48.3 Å². The van der Waals surface area contributed by atoms with Gasteiger partial charge in [-0.25, -0.2) is 0 Å². The van der Waals surface area contributed by atoms with E-state index in [1.165, 1.54) is 24.3 Å². The zero-order valence-electron chi connectivity index (χ0n) is 53.4. The van der Waals surface area contributed by atoms with Gasteiger partial charge in [-0.1, -0.05) is 42.5 Å². The van der Waals surface area contributed by atoms with Gasteiger partial charge >= 0.3 is 0 Å². The number of carbonyl (C=O) groups excluding carboxylic acids is 9. The number of nitrogens with one attached hydrogen (secondary N) is 8. The molecule has 9 atom stereocenters. The number of hydrogen-bond acceptors (Lipinski definition) is 18. The van der Waals surface area contributed by atoms with Crippen molar-refractivity contribution in [3.8, 4) is 5.75 Å². The van der Waals surface area contributed by atoms with E-state index in [2.05, 4.69) is 57.5 Å². The largest absolute Gasteiger partial charge is 0.508 e. The number of nitrogens with two attached hydrogens (primary N) is 12. The average molecular weight is 1310 g/mol. The molecule has 0 aliphatic heterocycles. The first kappa shape index (κ1) is 80.2. The molecule has 93 heavy (non-hydrogen) atoms. The number of aliphatic imine (C=N–C) groups is 3. The van der Waals surface area contributed by atoms with Crippen molar-refractivity contribution in [2.75, 3.05) is 45.8 Å². The summed E-state index contributed by atoms with van der Waals surface area (Å²) in [5.41, 5.74) is 69.2. The predicted molar refractivity (Wildman–Crippen MR) is 356 cm³/mol. The Morgan fingerprint density at radius 1 is 0.333 bits per heavy atom. The smallest absolute Gasteiger partial charge is 0.243 e. The molecule has 0 spiro atoms. The fourth-order valence-electron chi connectivity index (χ4n) is 9.58. The predicted octanol–water partition coefficient (Wildman–Crippen LogP) is -5.45. The van der Waals surface area contributed by atoms with Crippen LogP contribution in [0.1, 0.15) is 127 Å². The van der Waals surface area contributed by atoms with Crippen LogP contribution in [-0.4, -0.2) is 176 Å². The van der Waals surface area contributed by atoms with Gasteiger partial charge in [0.1, 0.15) is 54.1 Å². The van der Waals surface area contributed by atoms with Crippen LogP contribution in [-0.2, 0) is 56.0 Å². The average Bonchev–Trinajstić information content (AvgIpc) is 1.10. The van der Waals surface area contributed by atoms with E-state index in [4.69, 9.17) is 68.8 Å². The summed E-state index contributed by atoms with van der Waals surface area (Å²) in [6, 6.07) is 2.87. The topological polar surface area (TPSA) is 619 Å². The molecule has 0 aliphatic rings. The first-order valence-corrected chi connectivity index (χ1v) is 31.7. The minimum absolute atomic E-state index is 0.0185. The van der Waals surface area contributed by atoms with Crippen LogP contribution in [0.25, 0.3) is 0 Å². The maximum atomic E-state index is 14.9. The fourth-order valence-corrected chi connectivity index (χ4v) is 9.58. The number of hydrogen-bond donors (Lipinski definition) is 21. The molecular weight excluding hydrogens is 1200 g/mol. The van der Waals surface area contributed by atoms with Crippen LogP contribution < -0.4 is 111 Å². The lowest BCUT2D eigenvalue weighted by Gasteiger charge is -2.28. The molecule has 33 heteroatoms. The summed E-state index contributed by atoms with van der Waals surface area (Å²) in [7, 11) is 0. The molecule has 33 N–H and O–H groups in total. The van der Waals surface area contributed by atoms with E-state index in [9.17, 15) is 48.3 Å². The van der Waals surface area contributed by atoms with Gasteiger partial charge in [-0.15, -0.1) is 0 Å². The van der Waals surface area contributed by atoms with Crippen molar-refractivity contribution in [2.24, 2.45) is 83.8 Å². The van der Waals surface area contributed by atoms with Crippen LogP contribution in [0, 0.1) is 0 Å². The van der Waals surface area contributed by atoms with Gasteiger partial charge in [0.2, 0.25) is 53.2 Å². The second-order valence-corrected chi connectivity index (χ2v) is 22.5. The van der Waals surface area contributed by atoms with Gasteiger partial charge in [-0.3, -0.25) is 58.1 Å². The van der Waals surface area contributed by atoms with Gasteiger partial charge in [0.15, 0.2) is 17.9 Å². The van der Waals surface area contributed by atoms with E-state index in [1.54, 1.807) is 30.3 Å². The third-order valence-electron chi connectivity index (χ3n) is 14.7. The lowest BCUT2D eigenvalue weighted by molar-refractivity contribution is -0.136. The molecule has 0 heterocycles. The number of phenols is 1. The first-order chi connectivity index (χ1) is 44.4. The standard InChI is InChI=1S/C60H105N23O10/c61-28-8-4-18-41(49(66)85)76-51(87)45(22-13-33-74-59(69)70)79-53(89)46(23-14-34-75-60(71)72)81-56(92)47(35-37-15-2-1-3-16-37)82-55(91)44(21-7-11-31-64)80-57(93)48(36-38-24-26-39(84)27-25-38)83-54(90)43(20-6-10-30-63)78-52(88)42(19-5-9-29-62)77-50(86)40(65)17-12-32-73-58(67)68/h1-3,15-16,24-27,40-48,84H,4-14,17-23,28-36,61-65H2,(H2,66,85)(H,76,87)(H,77,86)(H,78,88)(H,79,89)(H,80,93)(H,81,92)(H,82,91)(H,83,90)(H4,67,68,73)(H4,69,70,74)(H4,71,72,75)/t40-,41-,42-,43-,44-,45-,46-,47-,48-/m0/s1. The molecule has 0 aliphatic carbocycles. The van der Waals surface area contributed by atoms with E-state index in [0.29, 0.717) is 82.0 Å². The normalized spacial score (nSPS) is 13.9. The Labute approximate surface area is 543 Å². The summed E-state index contributed by atoms with van der Waals surface area (Å²) >= 11 is 0. The molecule has 0 saturated carbocycles. The van der Waals surface area contributed by atoms with Gasteiger partial charge in [-0.05, 0) is 165 Å². The number of phenolic OH excluding ortho intramolecular Hbond substituents is 1. The minimum atomic E-state index is -1.45. The molecular formula is C60H105N23O10. The van der Waals surface area contributed by atoms with Crippen LogP contribution in [0.4, 0.5) is 0 Å². The van der Waals surface area contributed by atoms with E-state index >= 15 is 0 Å². The Morgan fingerprint density at radius 3 is 0.925 bits per heavy atom. The summed E-state index contributed by atoms with van der Waals surface area (Å²) in [6.07, 6.45) is 4.20. The maximum absolute atomic E-state index is 14.9. The number of nitrogens with zero attached hydrogens (tertiary/aromatic N) is 3. The zero-order valence-corrected chi connectivity index (χ0v) is 53.4. The summed E-state index contributed by atoms with van der Waals surface area (Å²) in [5, 5.41) is 32.0. The summed E-state index contributed by atoms with van der Waals surface area (Å²) in [4.78, 5) is 140. The van der Waals surface area contributed by atoms with Crippen molar-refractivity contribution in [2.45, 2.75) is 183 Å². The van der Waals surface area contributed by atoms with Gasteiger partial charge in [0.05, 0.1) is 6.04 Å². The fraction of sp³-hybridized carbons (Fsp3) is 0.600. The van der Waals surface area contributed by atoms with E-state index in [0.717, 1.165) is 0 Å². The second-order valence-electron chi connectivity index (χ2n) is 22.5. The SMILES string of the molecule is NCCCC[C@H](NC(=O)[C@H](CCCN=C(N)N)NC(=O)[C@H](CCCN=C(N)N)NC(=O)[C@H](Cc1ccccc1)NC(=O)[C@H](CCCCN)NC(=O)[C@H](Cc1ccc(O)cc1)NC(=O)[C@H](CCCCN)NC(=O)[C@H](CCCCN)NC(=O)[C@@H](N)CCCN=C(N)N)C(N)=O. The Balaban J connectivity index is 2.66. The van der Waals surface area contributed by atoms with Crippen LogP contribution >= 0.6 is 0 Å². The minimum Gasteiger partial charge on any atom is -0.508 e. The molecule has 0 radical (unpaired) electrons. The molecule has 0 aromatic heterocycles. The summed E-state index contributed by atoms with van der Waals surface area (Å²) < 4.78 is 0. The highest BCUT2D eigenvalue weighted by Crippen LogP contribution is 2.15. The van der Waals surface area contributed by atoms with Gasteiger partial charge < -0.3 is 116 Å². The highest BCUT2D eigenvalue weighted by atomic mass is 16.3. The summed E-state index contributed by atoms with van der Waals surface area (Å²) in [6.45, 7) is 1.43. The number of unbranched alkanes of at least 4 members (excludes halogenated alkanes) is 4.